The second-order valence-electron chi connectivity index (χ2n) is 21.2. The maximum absolute atomic E-state index is 13.2. The van der Waals surface area contributed by atoms with Crippen LogP contribution in [0.25, 0.3) is 20.4 Å². The number of H-pyrrole nitrogens is 1. The lowest BCUT2D eigenvalue weighted by Gasteiger charge is -2.15. The molecule has 0 unspecified atom stereocenters. The zero-order valence-corrected chi connectivity index (χ0v) is 57.9. The molecule has 100 heavy (non-hydrogen) atoms. The van der Waals surface area contributed by atoms with E-state index >= 15 is 0 Å². The first-order valence-corrected chi connectivity index (χ1v) is 33.3. The number of carbonyl (C=O) groups excluding carboxylic acids is 6. The van der Waals surface area contributed by atoms with Crippen LogP contribution in [0, 0.1) is 0 Å². The number of hydrogen-bond acceptors (Lipinski definition) is 23. The Morgan fingerprint density at radius 1 is 0.510 bits per heavy atom. The van der Waals surface area contributed by atoms with E-state index in [0.29, 0.717) is 94.8 Å². The number of methoxy groups -OCH3 is 4. The van der Waals surface area contributed by atoms with Gasteiger partial charge in [-0.05, 0) is 143 Å². The van der Waals surface area contributed by atoms with Crippen LogP contribution >= 0.6 is 45.3 Å². The number of aromatic amines is 1. The SMILES string of the molecule is CN(C)CCn1c(=O)n(Cc2ccc(C(=O)Nc3ccccc3N)cc2)c(=O)c2sccc21.COC(=O)c1ccc(CN)cc1.COC(=O)c1ccc(CNC(=O)Nc2ccsc2C(=O)OC)cc1.COC(=O)c1sccc1N.O=C(O)c1ccc(Cn2c(=O)[nH]c3ccsc3c2=O)cc1. The van der Waals surface area contributed by atoms with Crippen molar-refractivity contribution in [2.24, 2.45) is 5.73 Å². The zero-order valence-electron chi connectivity index (χ0n) is 54.6. The number of para-hydroxylation sites is 2. The molecule has 11 aromatic rings. The summed E-state index contributed by atoms with van der Waals surface area (Å²) in [6, 6.07) is 40.0. The number of likely N-dealkylation sites (N-methyl/N-ethyl adjacent to an activating group) is 1. The number of nitrogens with two attached hydrogens (primary N) is 3. The van der Waals surface area contributed by atoms with Crippen molar-refractivity contribution in [2.75, 3.05) is 71.2 Å². The standard InChI is InChI=1S/C24H25N5O3S.C16H16N2O5S.C14H10N2O4S.C9H11NO2.C6H7NO2S/c1-27(2)12-13-28-20-11-14-33-21(20)23(31)29(24(28)32)15-16-7-9-17(10-8-16)22(30)26-19-6-4-3-5-18(19)25;1-22-14(19)11-5-3-10(4-6-11)9-17-16(21)18-12-7-8-24-13(12)15(20)23-2;17-12-11-10(5-6-21-11)15-14(20)16(12)7-8-1-3-9(4-2-8)13(18)19;1-12-9(11)8-4-2-7(6-10)3-5-8;1-9-6(8)5-4(7)2-3-10-5/h3-11,14H,12-13,15,25H2,1-2H3,(H,26,30);3-8H,9H2,1-2H3,(H2,17,18,21);1-6H,7H2,(H,15,20)(H,18,19);2-5H,6,10H2,1H3;2-3H,7H2,1H3. The fourth-order valence-corrected chi connectivity index (χ4v) is 12.1. The Morgan fingerprint density at radius 3 is 1.57 bits per heavy atom. The van der Waals surface area contributed by atoms with Gasteiger partial charge in [0.2, 0.25) is 0 Å². The number of nitrogen functional groups attached to an aromatic ring is 2. The number of urea groups is 1. The summed E-state index contributed by atoms with van der Waals surface area (Å²) < 4.78 is 23.3. The van der Waals surface area contributed by atoms with E-state index < -0.39 is 29.6 Å². The second-order valence-corrected chi connectivity index (χ2v) is 24.9. The van der Waals surface area contributed by atoms with Gasteiger partial charge in [-0.2, -0.15) is 0 Å². The summed E-state index contributed by atoms with van der Waals surface area (Å²) in [4.78, 5) is 136. The lowest BCUT2D eigenvalue weighted by molar-refractivity contribution is 0.0592. The van der Waals surface area contributed by atoms with E-state index in [-0.39, 0.29) is 59.9 Å². The maximum atomic E-state index is 13.2. The molecule has 0 radical (unpaired) electrons. The minimum absolute atomic E-state index is 0.0991. The fraction of sp³-hybridized carbons (Fsp3) is 0.174. The van der Waals surface area contributed by atoms with Gasteiger partial charge in [0.1, 0.15) is 19.2 Å². The molecule has 0 aliphatic carbocycles. The van der Waals surface area contributed by atoms with Gasteiger partial charge in [0, 0.05) is 31.7 Å². The summed E-state index contributed by atoms with van der Waals surface area (Å²) in [6.07, 6.45) is 0. The molecule has 11 N–H and O–H groups in total. The number of rotatable bonds is 18. The highest BCUT2D eigenvalue weighted by molar-refractivity contribution is 7.17. The maximum Gasteiger partial charge on any atom is 0.350 e. The highest BCUT2D eigenvalue weighted by atomic mass is 32.1. The van der Waals surface area contributed by atoms with E-state index in [1.165, 1.54) is 90.5 Å². The molecule has 0 aliphatic heterocycles. The molecule has 6 heterocycles. The number of nitrogens with one attached hydrogen (secondary N) is 4. The number of nitrogens with zero attached hydrogens (tertiary/aromatic N) is 4. The number of benzene rings is 5. The monoisotopic (exact) mass is 1440 g/mol. The van der Waals surface area contributed by atoms with E-state index in [1.807, 2.05) is 42.6 Å². The van der Waals surface area contributed by atoms with Crippen LogP contribution in [0.1, 0.15) is 83.0 Å². The van der Waals surface area contributed by atoms with E-state index in [4.69, 9.17) is 22.3 Å². The molecule has 0 saturated carbocycles. The molecule has 27 nitrogen and oxygen atoms in total. The Morgan fingerprint density at radius 2 is 1.01 bits per heavy atom. The van der Waals surface area contributed by atoms with Gasteiger partial charge in [-0.3, -0.25) is 28.1 Å². The molecule has 5 aromatic carbocycles. The molecule has 0 bridgehead atoms. The third-order valence-electron chi connectivity index (χ3n) is 14.3. The van der Waals surface area contributed by atoms with Gasteiger partial charge in [-0.25, -0.2) is 38.4 Å². The number of aromatic nitrogens is 4. The van der Waals surface area contributed by atoms with Crippen molar-refractivity contribution in [3.05, 3.63) is 263 Å². The van der Waals surface area contributed by atoms with E-state index in [1.54, 1.807) is 136 Å². The van der Waals surface area contributed by atoms with Gasteiger partial charge in [-0.15, -0.1) is 45.3 Å². The highest BCUT2D eigenvalue weighted by Crippen LogP contribution is 2.24. The van der Waals surface area contributed by atoms with Crippen LogP contribution in [0.2, 0.25) is 0 Å². The number of esters is 4. The van der Waals surface area contributed by atoms with Gasteiger partial charge >= 0.3 is 47.3 Å². The summed E-state index contributed by atoms with van der Waals surface area (Å²) in [5, 5.41) is 23.9. The number of aromatic carboxylic acids is 1. The molecule has 0 atom stereocenters. The van der Waals surface area contributed by atoms with Crippen LogP contribution in [-0.4, -0.2) is 120 Å². The Kier molecular flexibility index (Phi) is 27.8. The van der Waals surface area contributed by atoms with Gasteiger partial charge < -0.3 is 67.1 Å². The van der Waals surface area contributed by atoms with E-state index in [2.05, 4.69) is 39.9 Å². The van der Waals surface area contributed by atoms with Crippen LogP contribution in [0.3, 0.4) is 0 Å². The average molecular weight is 1440 g/mol. The molecule has 3 amide bonds. The second kappa shape index (κ2) is 36.7. The predicted octanol–water partition coefficient (Wildman–Crippen LogP) is 8.86. The van der Waals surface area contributed by atoms with Crippen LogP contribution in [-0.2, 0) is 51.7 Å². The molecular weight excluding hydrogens is 1370 g/mol. The number of hydrogen-bond donors (Lipinski definition) is 8. The lowest BCUT2D eigenvalue weighted by atomic mass is 10.1. The largest absolute Gasteiger partial charge is 0.478 e. The van der Waals surface area contributed by atoms with Crippen molar-refractivity contribution in [1.29, 1.82) is 0 Å². The molecule has 0 fully saturated rings. The molecular formula is C69H69N11O16S4. The first-order chi connectivity index (χ1) is 48.0. The summed E-state index contributed by atoms with van der Waals surface area (Å²) >= 11 is 5.07. The number of ether oxygens (including phenoxy) is 4. The van der Waals surface area contributed by atoms with Gasteiger partial charge in [0.15, 0.2) is 0 Å². The van der Waals surface area contributed by atoms with Crippen LogP contribution in [0.15, 0.2) is 186 Å². The topological polar surface area (TPSA) is 393 Å². The molecule has 520 valence electrons. The first-order valence-electron chi connectivity index (χ1n) is 29.8. The summed E-state index contributed by atoms with van der Waals surface area (Å²) in [7, 11) is 9.17. The first kappa shape index (κ1) is 75.8. The smallest absolute Gasteiger partial charge is 0.350 e. The quantitative estimate of drug-likeness (QED) is 0.0226. The van der Waals surface area contributed by atoms with Crippen LogP contribution in [0.5, 0.6) is 0 Å². The number of anilines is 4. The average Bonchev–Trinajstić information content (AvgIpc) is 1.57. The summed E-state index contributed by atoms with van der Waals surface area (Å²) in [5.74, 6) is -2.91. The molecule has 0 saturated heterocycles. The number of amides is 3. The third kappa shape index (κ3) is 20.5. The molecule has 31 heteroatoms. The van der Waals surface area contributed by atoms with Crippen molar-refractivity contribution >= 4 is 130 Å². The van der Waals surface area contributed by atoms with Crippen molar-refractivity contribution in [3.8, 4) is 0 Å². The van der Waals surface area contributed by atoms with Crippen molar-refractivity contribution in [1.82, 2.24) is 28.9 Å². The van der Waals surface area contributed by atoms with Gasteiger partial charge in [0.25, 0.3) is 17.0 Å². The minimum Gasteiger partial charge on any atom is -0.478 e. The number of carbonyl (C=O) groups is 7. The zero-order chi connectivity index (χ0) is 72.6. The normalized spacial score (nSPS) is 10.4. The Balaban J connectivity index is 0.000000186. The minimum atomic E-state index is -1.02. The Hall–Kier alpha value is -11.6. The molecule has 0 aliphatic rings. The summed E-state index contributed by atoms with van der Waals surface area (Å²) in [5.41, 5.74) is 23.2. The Labute approximate surface area is 586 Å². The van der Waals surface area contributed by atoms with Crippen molar-refractivity contribution in [3.63, 3.8) is 0 Å². The van der Waals surface area contributed by atoms with E-state index in [0.717, 1.165) is 21.3 Å². The lowest BCUT2D eigenvalue weighted by Crippen LogP contribution is -2.41. The fourth-order valence-electron chi connectivity index (χ4n) is 8.94. The number of carboxylic acid groups (broad SMARTS) is 1. The van der Waals surface area contributed by atoms with Crippen molar-refractivity contribution in [2.45, 2.75) is 32.7 Å². The van der Waals surface area contributed by atoms with Gasteiger partial charge in [0.05, 0.1) is 92.0 Å². The molecule has 11 rings (SSSR count). The molecule has 0 spiro atoms. The molecule has 6 aromatic heterocycles. The predicted molar refractivity (Wildman–Crippen MR) is 388 cm³/mol. The van der Waals surface area contributed by atoms with Gasteiger partial charge in [-0.1, -0.05) is 60.7 Å². The Bertz CT molecular complexity index is 4920. The number of fused-ring (bicyclic) bond motifs is 2. The number of carboxylic acids is 1. The van der Waals surface area contributed by atoms with Crippen LogP contribution < -0.4 is 55.6 Å². The highest BCUT2D eigenvalue weighted by Gasteiger charge is 2.19. The van der Waals surface area contributed by atoms with Crippen molar-refractivity contribution < 1.29 is 57.6 Å². The van der Waals surface area contributed by atoms with Crippen LogP contribution in [0.4, 0.5) is 27.5 Å². The summed E-state index contributed by atoms with van der Waals surface area (Å²) in [6.45, 7) is 2.15. The van der Waals surface area contributed by atoms with E-state index in [9.17, 15) is 52.7 Å². The number of thiophene rings is 4. The third-order valence-corrected chi connectivity index (χ3v) is 17.9.